The van der Waals surface area contributed by atoms with Crippen LogP contribution in [0.5, 0.6) is 0 Å². The van der Waals surface area contributed by atoms with Crippen LogP contribution in [0.15, 0.2) is 65.3 Å². The average Bonchev–Trinajstić information content (AvgIpc) is 3.23. The normalized spacial score (nSPS) is 11.1. The summed E-state index contributed by atoms with van der Waals surface area (Å²) in [5.74, 6) is -0.372. The predicted octanol–water partition coefficient (Wildman–Crippen LogP) is 5.53. The van der Waals surface area contributed by atoms with Gasteiger partial charge in [-0.1, -0.05) is 23.7 Å². The minimum absolute atomic E-state index is 0.0965. The van der Waals surface area contributed by atoms with Crippen molar-refractivity contribution in [2.24, 2.45) is 0 Å². The van der Waals surface area contributed by atoms with E-state index in [2.05, 4.69) is 16.0 Å². The molecule has 3 rings (SSSR count). The number of halogens is 4. The Morgan fingerprint density at radius 3 is 2.47 bits per heavy atom. The van der Waals surface area contributed by atoms with Gasteiger partial charge >= 0.3 is 12.2 Å². The molecule has 6 nitrogen and oxygen atoms in total. The first kappa shape index (κ1) is 21.3. The lowest BCUT2D eigenvalue weighted by atomic mass is 10.1. The number of carbonyl (C=O) groups excluding carboxylic acids is 2. The van der Waals surface area contributed by atoms with Gasteiger partial charge in [-0.15, -0.1) is 0 Å². The lowest BCUT2D eigenvalue weighted by molar-refractivity contribution is -0.137. The van der Waals surface area contributed by atoms with Crippen molar-refractivity contribution < 1.29 is 27.2 Å². The molecule has 0 unspecified atom stereocenters. The third-order valence-electron chi connectivity index (χ3n) is 3.93. The molecular weight excluding hydrogens is 423 g/mol. The zero-order chi connectivity index (χ0) is 21.7. The van der Waals surface area contributed by atoms with E-state index in [1.165, 1.54) is 42.7 Å². The van der Waals surface area contributed by atoms with Crippen molar-refractivity contribution in [3.8, 4) is 0 Å². The van der Waals surface area contributed by atoms with Crippen LogP contribution < -0.4 is 16.0 Å². The molecule has 0 spiro atoms. The van der Waals surface area contributed by atoms with Crippen molar-refractivity contribution in [2.45, 2.75) is 12.7 Å². The Bertz CT molecular complexity index is 1050. The Balaban J connectivity index is 1.57. The molecule has 0 atom stereocenters. The van der Waals surface area contributed by atoms with E-state index in [0.29, 0.717) is 16.9 Å². The van der Waals surface area contributed by atoms with Gasteiger partial charge in [-0.05, 0) is 48.0 Å². The second-order valence-electron chi connectivity index (χ2n) is 6.13. The summed E-state index contributed by atoms with van der Waals surface area (Å²) in [6.45, 7) is -0.0965. The van der Waals surface area contributed by atoms with Gasteiger partial charge in [0.2, 0.25) is 0 Å². The molecule has 3 N–H and O–H groups in total. The summed E-state index contributed by atoms with van der Waals surface area (Å²) in [5.41, 5.74) is 0.153. The summed E-state index contributed by atoms with van der Waals surface area (Å²) in [6, 6.07) is 11.5. The maximum absolute atomic E-state index is 12.7. The molecule has 0 aliphatic heterocycles. The van der Waals surface area contributed by atoms with Crippen LogP contribution in [0.2, 0.25) is 5.02 Å². The lowest BCUT2D eigenvalue weighted by Gasteiger charge is -2.11. The van der Waals surface area contributed by atoms with E-state index in [1.54, 1.807) is 6.07 Å². The van der Waals surface area contributed by atoms with Gasteiger partial charge in [0.05, 0.1) is 22.5 Å². The minimum atomic E-state index is -4.46. The summed E-state index contributed by atoms with van der Waals surface area (Å²) in [7, 11) is 0. The maximum atomic E-state index is 12.7. The number of hydrogen-bond donors (Lipinski definition) is 3. The van der Waals surface area contributed by atoms with Crippen LogP contribution in [-0.2, 0) is 12.7 Å². The minimum Gasteiger partial charge on any atom is -0.459 e. The van der Waals surface area contributed by atoms with Crippen LogP contribution in [0.1, 0.15) is 21.7 Å². The molecule has 2 aromatic carbocycles. The number of anilines is 2. The van der Waals surface area contributed by atoms with Crippen molar-refractivity contribution in [3.63, 3.8) is 0 Å². The van der Waals surface area contributed by atoms with E-state index in [4.69, 9.17) is 16.0 Å². The largest absolute Gasteiger partial charge is 0.459 e. The monoisotopic (exact) mass is 437 g/mol. The first-order chi connectivity index (χ1) is 14.2. The smallest absolute Gasteiger partial charge is 0.416 e. The average molecular weight is 438 g/mol. The molecule has 0 saturated heterocycles. The lowest BCUT2D eigenvalue weighted by Crippen LogP contribution is -2.28. The van der Waals surface area contributed by atoms with Crippen LogP contribution in [0.25, 0.3) is 0 Å². The number of carbonyl (C=O) groups is 2. The highest BCUT2D eigenvalue weighted by molar-refractivity contribution is 6.34. The van der Waals surface area contributed by atoms with Gasteiger partial charge in [0.25, 0.3) is 5.91 Å². The molecule has 0 fully saturated rings. The highest BCUT2D eigenvalue weighted by Crippen LogP contribution is 2.29. The number of amides is 3. The highest BCUT2D eigenvalue weighted by Gasteiger charge is 2.30. The molecule has 0 aliphatic carbocycles. The Hall–Kier alpha value is -3.46. The number of rotatable bonds is 5. The number of benzene rings is 2. The topological polar surface area (TPSA) is 83.4 Å². The molecule has 30 heavy (non-hydrogen) atoms. The van der Waals surface area contributed by atoms with Crippen molar-refractivity contribution in [3.05, 3.63) is 82.8 Å². The van der Waals surface area contributed by atoms with Crippen LogP contribution in [0, 0.1) is 0 Å². The van der Waals surface area contributed by atoms with E-state index in [1.807, 2.05) is 0 Å². The van der Waals surface area contributed by atoms with E-state index in [-0.39, 0.29) is 17.3 Å². The van der Waals surface area contributed by atoms with Gasteiger partial charge in [0.1, 0.15) is 0 Å². The summed E-state index contributed by atoms with van der Waals surface area (Å²) < 4.78 is 43.2. The van der Waals surface area contributed by atoms with Crippen molar-refractivity contribution >= 4 is 34.9 Å². The Morgan fingerprint density at radius 1 is 1.00 bits per heavy atom. The van der Waals surface area contributed by atoms with Crippen LogP contribution in [-0.4, -0.2) is 11.9 Å². The molecule has 0 aliphatic rings. The van der Waals surface area contributed by atoms with Crippen LogP contribution >= 0.6 is 11.6 Å². The maximum Gasteiger partial charge on any atom is 0.416 e. The summed E-state index contributed by atoms with van der Waals surface area (Å²) in [4.78, 5) is 24.0. The molecule has 3 amide bonds. The molecular formula is C20H15ClF3N3O3. The summed E-state index contributed by atoms with van der Waals surface area (Å²) in [5, 5.41) is 7.73. The third kappa shape index (κ3) is 5.54. The van der Waals surface area contributed by atoms with Gasteiger partial charge in [-0.2, -0.15) is 13.2 Å². The molecule has 156 valence electrons. The zero-order valence-corrected chi connectivity index (χ0v) is 16.0. The fourth-order valence-electron chi connectivity index (χ4n) is 2.50. The standard InChI is InChI=1S/C20H15ClF3N3O3/c21-15-10-14(6-7-16(15)27-18(28)17-5-2-8-30-17)26-19(29)25-11-12-3-1-4-13(9-12)20(22,23)24/h1-10H,11H2,(H,27,28)(H2,25,26,29). The van der Waals surface area contributed by atoms with E-state index >= 15 is 0 Å². The van der Waals surface area contributed by atoms with Gasteiger partial charge < -0.3 is 20.4 Å². The fourth-order valence-corrected chi connectivity index (χ4v) is 2.73. The van der Waals surface area contributed by atoms with Crippen LogP contribution in [0.4, 0.5) is 29.3 Å². The Labute approximate surface area is 174 Å². The zero-order valence-electron chi connectivity index (χ0n) is 15.2. The summed E-state index contributed by atoms with van der Waals surface area (Å²) in [6.07, 6.45) is -3.09. The highest BCUT2D eigenvalue weighted by atomic mass is 35.5. The molecule has 0 bridgehead atoms. The SMILES string of the molecule is O=C(NCc1cccc(C(F)(F)F)c1)Nc1ccc(NC(=O)c2ccco2)c(Cl)c1. The second kappa shape index (κ2) is 8.91. The molecule has 0 radical (unpaired) electrons. The number of furan rings is 1. The first-order valence-electron chi connectivity index (χ1n) is 8.58. The third-order valence-corrected chi connectivity index (χ3v) is 4.24. The van der Waals surface area contributed by atoms with Crippen LogP contribution in [0.3, 0.4) is 0 Å². The number of hydrogen-bond acceptors (Lipinski definition) is 3. The van der Waals surface area contributed by atoms with Crippen molar-refractivity contribution in [1.29, 1.82) is 0 Å². The predicted molar refractivity (Wildman–Crippen MR) is 105 cm³/mol. The molecule has 1 heterocycles. The molecule has 1 aromatic heterocycles. The number of nitrogens with one attached hydrogen (secondary N) is 3. The van der Waals surface area contributed by atoms with E-state index < -0.39 is 23.7 Å². The quantitative estimate of drug-likeness (QED) is 0.491. The van der Waals surface area contributed by atoms with Crippen molar-refractivity contribution in [1.82, 2.24) is 5.32 Å². The van der Waals surface area contributed by atoms with Gasteiger partial charge in [0, 0.05) is 12.2 Å². The van der Waals surface area contributed by atoms with Gasteiger partial charge in [-0.3, -0.25) is 4.79 Å². The van der Waals surface area contributed by atoms with Crippen molar-refractivity contribution in [2.75, 3.05) is 10.6 Å². The molecule has 3 aromatic rings. The first-order valence-corrected chi connectivity index (χ1v) is 8.95. The Kier molecular flexibility index (Phi) is 6.31. The number of urea groups is 1. The second-order valence-corrected chi connectivity index (χ2v) is 6.54. The molecule has 10 heteroatoms. The fraction of sp³-hybridized carbons (Fsp3) is 0.100. The van der Waals surface area contributed by atoms with Gasteiger partial charge in [-0.25, -0.2) is 4.79 Å². The van der Waals surface area contributed by atoms with E-state index in [9.17, 15) is 22.8 Å². The summed E-state index contributed by atoms with van der Waals surface area (Å²) >= 11 is 6.13. The number of alkyl halides is 3. The van der Waals surface area contributed by atoms with E-state index in [0.717, 1.165) is 12.1 Å². The molecule has 0 saturated carbocycles. The Morgan fingerprint density at radius 2 is 1.80 bits per heavy atom. The van der Waals surface area contributed by atoms with Gasteiger partial charge in [0.15, 0.2) is 5.76 Å².